The van der Waals surface area contributed by atoms with E-state index in [0.717, 1.165) is 13.0 Å². The number of rotatable bonds is 3. The molecule has 2 saturated heterocycles. The zero-order valence-corrected chi connectivity index (χ0v) is 13.9. The normalized spacial score (nSPS) is 34.7. The predicted octanol–water partition coefficient (Wildman–Crippen LogP) is 4.00. The molecule has 0 unspecified atom stereocenters. The van der Waals surface area contributed by atoms with Gasteiger partial charge in [0.25, 0.3) is 0 Å². The van der Waals surface area contributed by atoms with Crippen LogP contribution in [0.4, 0.5) is 0 Å². The molecule has 3 heteroatoms. The zero-order valence-electron chi connectivity index (χ0n) is 11.7. The smallest absolute Gasteiger partial charge is 0.122 e. The number of nitrogens with zero attached hydrogens (tertiary/aromatic N) is 1. The van der Waals surface area contributed by atoms with Crippen LogP contribution in [0.2, 0.25) is 0 Å². The standard InChI is InChI=1S/C16H22INO/c1-3-19-16-9-8-15(18(16)2)10-13(11-16)12-4-6-14(17)7-5-12/h4-7,13,15H,3,8-11H2,1-2H3/t13-,15-,16-/m0/s1. The summed E-state index contributed by atoms with van der Waals surface area (Å²) < 4.78 is 7.49. The first kappa shape index (κ1) is 13.8. The van der Waals surface area contributed by atoms with Crippen molar-refractivity contribution >= 4 is 22.6 Å². The molecule has 2 aliphatic heterocycles. The Balaban J connectivity index is 1.84. The summed E-state index contributed by atoms with van der Waals surface area (Å²) in [6, 6.07) is 9.75. The van der Waals surface area contributed by atoms with E-state index in [-0.39, 0.29) is 5.72 Å². The summed E-state index contributed by atoms with van der Waals surface area (Å²) in [5.41, 5.74) is 1.50. The summed E-state index contributed by atoms with van der Waals surface area (Å²) in [5.74, 6) is 0.659. The second-order valence-electron chi connectivity index (χ2n) is 5.87. The van der Waals surface area contributed by atoms with Gasteiger partial charge in [-0.2, -0.15) is 0 Å². The Bertz CT molecular complexity index is 443. The number of hydrogen-bond donors (Lipinski definition) is 0. The number of hydrogen-bond acceptors (Lipinski definition) is 2. The largest absolute Gasteiger partial charge is 0.361 e. The van der Waals surface area contributed by atoms with Gasteiger partial charge >= 0.3 is 0 Å². The monoisotopic (exact) mass is 371 g/mol. The van der Waals surface area contributed by atoms with Gasteiger partial charge in [0.05, 0.1) is 0 Å². The maximum atomic E-state index is 6.17. The fourth-order valence-electron chi connectivity index (χ4n) is 3.90. The lowest BCUT2D eigenvalue weighted by Crippen LogP contribution is -2.51. The van der Waals surface area contributed by atoms with E-state index in [4.69, 9.17) is 4.74 Å². The molecule has 104 valence electrons. The van der Waals surface area contributed by atoms with Crippen molar-refractivity contribution in [3.63, 3.8) is 0 Å². The Morgan fingerprint density at radius 1 is 1.37 bits per heavy atom. The molecule has 3 atom stereocenters. The number of benzene rings is 1. The molecule has 2 heterocycles. The van der Waals surface area contributed by atoms with Crippen molar-refractivity contribution in [3.05, 3.63) is 33.4 Å². The van der Waals surface area contributed by atoms with Crippen molar-refractivity contribution in [2.24, 2.45) is 0 Å². The van der Waals surface area contributed by atoms with Gasteiger partial charge in [-0.1, -0.05) is 12.1 Å². The second kappa shape index (κ2) is 5.34. The average Bonchev–Trinajstić information content (AvgIpc) is 2.61. The van der Waals surface area contributed by atoms with Crippen LogP contribution in [0.25, 0.3) is 0 Å². The highest BCUT2D eigenvalue weighted by Crippen LogP contribution is 2.49. The number of halogens is 1. The number of piperidine rings is 1. The first-order valence-corrected chi connectivity index (χ1v) is 8.35. The lowest BCUT2D eigenvalue weighted by molar-refractivity contribution is -0.154. The minimum atomic E-state index is 0.00529. The van der Waals surface area contributed by atoms with E-state index in [1.54, 1.807) is 0 Å². The summed E-state index contributed by atoms with van der Waals surface area (Å²) in [7, 11) is 2.25. The van der Waals surface area contributed by atoms with Crippen LogP contribution < -0.4 is 0 Å². The third kappa shape index (κ3) is 2.45. The molecule has 0 N–H and O–H groups in total. The van der Waals surface area contributed by atoms with Crippen LogP contribution in [0.3, 0.4) is 0 Å². The quantitative estimate of drug-likeness (QED) is 0.745. The van der Waals surface area contributed by atoms with Crippen molar-refractivity contribution in [3.8, 4) is 0 Å². The molecular formula is C16H22INO. The molecule has 1 aromatic carbocycles. The van der Waals surface area contributed by atoms with Gasteiger partial charge in [-0.25, -0.2) is 0 Å². The van der Waals surface area contributed by atoms with Gasteiger partial charge in [-0.15, -0.1) is 0 Å². The van der Waals surface area contributed by atoms with E-state index in [9.17, 15) is 0 Å². The first-order valence-electron chi connectivity index (χ1n) is 7.27. The molecule has 0 amide bonds. The molecule has 2 nitrogen and oxygen atoms in total. The van der Waals surface area contributed by atoms with Gasteiger partial charge in [0.15, 0.2) is 0 Å². The van der Waals surface area contributed by atoms with Gasteiger partial charge in [0.2, 0.25) is 0 Å². The van der Waals surface area contributed by atoms with Crippen molar-refractivity contribution in [1.82, 2.24) is 4.90 Å². The van der Waals surface area contributed by atoms with Gasteiger partial charge in [0.1, 0.15) is 5.72 Å². The molecule has 0 radical (unpaired) electrons. The zero-order chi connectivity index (χ0) is 13.5. The molecule has 0 aliphatic carbocycles. The summed E-state index contributed by atoms with van der Waals surface area (Å²) in [6.45, 7) is 2.93. The fraction of sp³-hybridized carbons (Fsp3) is 0.625. The van der Waals surface area contributed by atoms with Crippen LogP contribution in [0.5, 0.6) is 0 Å². The van der Waals surface area contributed by atoms with E-state index in [1.807, 2.05) is 0 Å². The average molecular weight is 371 g/mol. The van der Waals surface area contributed by atoms with Gasteiger partial charge in [0, 0.05) is 16.2 Å². The molecule has 1 aromatic rings. The maximum absolute atomic E-state index is 6.17. The van der Waals surface area contributed by atoms with E-state index in [1.165, 1.54) is 28.4 Å². The molecular weight excluding hydrogens is 349 g/mol. The highest BCUT2D eigenvalue weighted by atomic mass is 127. The Hall–Kier alpha value is -0.130. The third-order valence-corrected chi connectivity index (χ3v) is 5.65. The van der Waals surface area contributed by atoms with Crippen molar-refractivity contribution in [2.45, 2.75) is 50.3 Å². The Labute approximate surface area is 129 Å². The van der Waals surface area contributed by atoms with Gasteiger partial charge in [-0.05, 0) is 85.9 Å². The van der Waals surface area contributed by atoms with Crippen LogP contribution in [0.1, 0.15) is 44.1 Å². The predicted molar refractivity (Wildman–Crippen MR) is 86.3 cm³/mol. The lowest BCUT2D eigenvalue weighted by Gasteiger charge is -2.45. The summed E-state index contributed by atoms with van der Waals surface area (Å²) in [6.07, 6.45) is 4.92. The van der Waals surface area contributed by atoms with Crippen LogP contribution in [-0.4, -0.2) is 30.3 Å². The first-order chi connectivity index (χ1) is 9.14. The minimum absolute atomic E-state index is 0.00529. The second-order valence-corrected chi connectivity index (χ2v) is 7.12. The topological polar surface area (TPSA) is 12.5 Å². The van der Waals surface area contributed by atoms with E-state index in [0.29, 0.717) is 12.0 Å². The minimum Gasteiger partial charge on any atom is -0.361 e. The fourth-order valence-corrected chi connectivity index (χ4v) is 4.26. The van der Waals surface area contributed by atoms with E-state index >= 15 is 0 Å². The molecule has 2 bridgehead atoms. The highest BCUT2D eigenvalue weighted by Gasteiger charge is 2.50. The van der Waals surface area contributed by atoms with Crippen LogP contribution >= 0.6 is 22.6 Å². The molecule has 0 aromatic heterocycles. The Kier molecular flexibility index (Phi) is 3.89. The lowest BCUT2D eigenvalue weighted by atomic mass is 9.84. The summed E-state index contributed by atoms with van der Waals surface area (Å²) in [5, 5.41) is 0. The Morgan fingerprint density at radius 3 is 2.79 bits per heavy atom. The van der Waals surface area contributed by atoms with Crippen molar-refractivity contribution in [2.75, 3.05) is 13.7 Å². The van der Waals surface area contributed by atoms with Crippen LogP contribution in [0.15, 0.2) is 24.3 Å². The van der Waals surface area contributed by atoms with Crippen LogP contribution in [0, 0.1) is 3.57 Å². The van der Waals surface area contributed by atoms with Crippen molar-refractivity contribution < 1.29 is 4.74 Å². The van der Waals surface area contributed by atoms with Crippen LogP contribution in [-0.2, 0) is 4.74 Å². The number of ether oxygens (including phenoxy) is 1. The SMILES string of the molecule is CCO[C@@]12CC[C@@H](C[C@H](c3ccc(I)cc3)C1)N2C. The van der Waals surface area contributed by atoms with Crippen molar-refractivity contribution in [1.29, 1.82) is 0 Å². The molecule has 2 fully saturated rings. The summed E-state index contributed by atoms with van der Waals surface area (Å²) >= 11 is 2.37. The molecule has 3 rings (SSSR count). The van der Waals surface area contributed by atoms with Gasteiger partial charge < -0.3 is 4.74 Å². The van der Waals surface area contributed by atoms with Gasteiger partial charge in [-0.3, -0.25) is 4.90 Å². The molecule has 0 spiro atoms. The molecule has 19 heavy (non-hydrogen) atoms. The summed E-state index contributed by atoms with van der Waals surface area (Å²) in [4.78, 5) is 2.50. The highest BCUT2D eigenvalue weighted by molar-refractivity contribution is 14.1. The van der Waals surface area contributed by atoms with E-state index in [2.05, 4.69) is 65.7 Å². The Morgan fingerprint density at radius 2 is 2.11 bits per heavy atom. The number of fused-ring (bicyclic) bond motifs is 2. The molecule has 2 aliphatic rings. The molecule has 0 saturated carbocycles. The third-order valence-electron chi connectivity index (χ3n) is 4.94. The maximum Gasteiger partial charge on any atom is 0.122 e. The van der Waals surface area contributed by atoms with E-state index < -0.39 is 0 Å².